The Morgan fingerprint density at radius 3 is 2.75 bits per heavy atom. The molecule has 1 fully saturated rings. The molecule has 1 saturated heterocycles. The van der Waals surface area contributed by atoms with E-state index in [1.165, 1.54) is 4.90 Å². The molecule has 2 N–H and O–H groups in total. The van der Waals surface area contributed by atoms with E-state index in [-0.39, 0.29) is 6.42 Å². The lowest BCUT2D eigenvalue weighted by atomic mass is 10.0. The molecule has 1 aromatic heterocycles. The highest BCUT2D eigenvalue weighted by molar-refractivity contribution is 6.16. The first kappa shape index (κ1) is 16.2. The molecule has 126 valence electrons. The molecule has 2 aromatic rings. The Labute approximate surface area is 139 Å². The highest BCUT2D eigenvalue weighted by Crippen LogP contribution is 2.28. The molecule has 0 bridgehead atoms. The van der Waals surface area contributed by atoms with Gasteiger partial charge in [-0.1, -0.05) is 18.2 Å². The van der Waals surface area contributed by atoms with E-state index < -0.39 is 17.4 Å². The molecule has 1 aromatic carbocycles. The number of benzene rings is 1. The molecule has 2 amide bonds. The summed E-state index contributed by atoms with van der Waals surface area (Å²) in [5.41, 5.74) is -0.432. The smallest absolute Gasteiger partial charge is 0.268 e. The van der Waals surface area contributed by atoms with Gasteiger partial charge in [-0.25, -0.2) is 0 Å². The maximum atomic E-state index is 12.5. The SMILES string of the molecule is Cc1ccn(CCNC(=O)[C@@]2(O)CCN(c3ccccc3)C2=O)n1. The van der Waals surface area contributed by atoms with Gasteiger partial charge < -0.3 is 15.3 Å². The zero-order chi connectivity index (χ0) is 17.2. The van der Waals surface area contributed by atoms with Crippen LogP contribution in [0.5, 0.6) is 0 Å². The van der Waals surface area contributed by atoms with Crippen molar-refractivity contribution in [2.45, 2.75) is 25.5 Å². The normalized spacial score (nSPS) is 20.4. The third kappa shape index (κ3) is 3.03. The second-order valence-corrected chi connectivity index (χ2v) is 5.88. The van der Waals surface area contributed by atoms with Crippen LogP contribution in [0, 0.1) is 6.92 Å². The van der Waals surface area contributed by atoms with Gasteiger partial charge >= 0.3 is 0 Å². The minimum Gasteiger partial charge on any atom is -0.372 e. The average molecular weight is 328 g/mol. The maximum absolute atomic E-state index is 12.5. The topological polar surface area (TPSA) is 87.5 Å². The Bertz CT molecular complexity index is 743. The molecule has 1 aliphatic heterocycles. The molecule has 0 aliphatic carbocycles. The summed E-state index contributed by atoms with van der Waals surface area (Å²) in [5.74, 6) is -1.24. The van der Waals surface area contributed by atoms with Crippen LogP contribution in [0.15, 0.2) is 42.6 Å². The standard InChI is InChI=1S/C17H20N4O3/c1-13-7-10-20(19-13)12-9-18-15(22)17(24)8-11-21(16(17)23)14-5-3-2-4-6-14/h2-7,10,24H,8-9,11-12H2,1H3,(H,18,22)/t17-/m0/s1. The van der Waals surface area contributed by atoms with Crippen LogP contribution in [0.2, 0.25) is 0 Å². The van der Waals surface area contributed by atoms with E-state index in [2.05, 4.69) is 10.4 Å². The first-order chi connectivity index (χ1) is 11.5. The van der Waals surface area contributed by atoms with Gasteiger partial charge in [0.25, 0.3) is 11.8 Å². The summed E-state index contributed by atoms with van der Waals surface area (Å²) < 4.78 is 1.70. The van der Waals surface area contributed by atoms with Crippen LogP contribution in [-0.2, 0) is 16.1 Å². The van der Waals surface area contributed by atoms with Crippen molar-refractivity contribution in [1.82, 2.24) is 15.1 Å². The Balaban J connectivity index is 1.61. The van der Waals surface area contributed by atoms with Crippen molar-refractivity contribution < 1.29 is 14.7 Å². The summed E-state index contributed by atoms with van der Waals surface area (Å²) in [5, 5.41) is 17.4. The second-order valence-electron chi connectivity index (χ2n) is 5.88. The van der Waals surface area contributed by atoms with E-state index in [9.17, 15) is 14.7 Å². The molecule has 7 heteroatoms. The van der Waals surface area contributed by atoms with Crippen molar-refractivity contribution in [3.8, 4) is 0 Å². The third-order valence-electron chi connectivity index (χ3n) is 4.14. The predicted molar refractivity (Wildman–Crippen MR) is 88.3 cm³/mol. The van der Waals surface area contributed by atoms with Gasteiger partial charge in [0, 0.05) is 31.4 Å². The van der Waals surface area contributed by atoms with Crippen molar-refractivity contribution in [2.24, 2.45) is 0 Å². The van der Waals surface area contributed by atoms with Crippen molar-refractivity contribution in [1.29, 1.82) is 0 Å². The molecule has 1 aliphatic rings. The van der Waals surface area contributed by atoms with Crippen molar-refractivity contribution in [2.75, 3.05) is 18.0 Å². The number of amides is 2. The van der Waals surface area contributed by atoms with Crippen LogP contribution in [0.3, 0.4) is 0 Å². The molecule has 0 saturated carbocycles. The number of hydrogen-bond donors (Lipinski definition) is 2. The molecule has 3 rings (SSSR count). The lowest BCUT2D eigenvalue weighted by Gasteiger charge is -2.21. The van der Waals surface area contributed by atoms with Gasteiger partial charge in [0.15, 0.2) is 0 Å². The van der Waals surface area contributed by atoms with Crippen molar-refractivity contribution in [3.05, 3.63) is 48.3 Å². The van der Waals surface area contributed by atoms with E-state index in [1.807, 2.05) is 37.4 Å². The minimum atomic E-state index is -2.00. The number of carbonyl (C=O) groups excluding carboxylic acids is 2. The number of aliphatic hydroxyl groups is 1. The van der Waals surface area contributed by atoms with Crippen LogP contribution < -0.4 is 10.2 Å². The number of nitrogens with one attached hydrogen (secondary N) is 1. The zero-order valence-corrected chi connectivity index (χ0v) is 13.5. The number of aromatic nitrogens is 2. The highest BCUT2D eigenvalue weighted by Gasteiger charge is 2.51. The molecule has 0 unspecified atom stereocenters. The van der Waals surface area contributed by atoms with Gasteiger partial charge in [-0.15, -0.1) is 0 Å². The molecule has 0 spiro atoms. The predicted octanol–water partition coefficient (Wildman–Crippen LogP) is 0.476. The second kappa shape index (κ2) is 6.45. The Hall–Kier alpha value is -2.67. The Kier molecular flexibility index (Phi) is 4.35. The molecule has 1 atom stereocenters. The average Bonchev–Trinajstić information content (AvgIpc) is 3.13. The zero-order valence-electron chi connectivity index (χ0n) is 13.5. The molecule has 24 heavy (non-hydrogen) atoms. The van der Waals surface area contributed by atoms with Crippen LogP contribution in [-0.4, -0.2) is 45.4 Å². The van der Waals surface area contributed by atoms with Crippen LogP contribution in [0.4, 0.5) is 5.69 Å². The Morgan fingerprint density at radius 2 is 2.08 bits per heavy atom. The first-order valence-electron chi connectivity index (χ1n) is 7.88. The molecular weight excluding hydrogens is 308 g/mol. The van der Waals surface area contributed by atoms with Gasteiger partial charge in [0.2, 0.25) is 5.60 Å². The lowest BCUT2D eigenvalue weighted by molar-refractivity contribution is -0.149. The van der Waals surface area contributed by atoms with Gasteiger partial charge in [0.05, 0.1) is 12.2 Å². The van der Waals surface area contributed by atoms with E-state index >= 15 is 0 Å². The van der Waals surface area contributed by atoms with Crippen LogP contribution >= 0.6 is 0 Å². The minimum absolute atomic E-state index is 0.0768. The number of hydrogen-bond acceptors (Lipinski definition) is 4. The largest absolute Gasteiger partial charge is 0.372 e. The number of anilines is 1. The van der Waals surface area contributed by atoms with Crippen LogP contribution in [0.25, 0.3) is 0 Å². The summed E-state index contributed by atoms with van der Waals surface area (Å²) in [6, 6.07) is 10.9. The van der Waals surface area contributed by atoms with Gasteiger partial charge in [0.1, 0.15) is 0 Å². The first-order valence-corrected chi connectivity index (χ1v) is 7.88. The fraction of sp³-hybridized carbons (Fsp3) is 0.353. The van der Waals surface area contributed by atoms with Gasteiger partial charge in [-0.05, 0) is 25.1 Å². The van der Waals surface area contributed by atoms with Crippen molar-refractivity contribution in [3.63, 3.8) is 0 Å². The molecular formula is C17H20N4O3. The highest BCUT2D eigenvalue weighted by atomic mass is 16.3. The molecule has 0 radical (unpaired) electrons. The monoisotopic (exact) mass is 328 g/mol. The van der Waals surface area contributed by atoms with E-state index in [1.54, 1.807) is 16.8 Å². The number of para-hydroxylation sites is 1. The number of nitrogens with zero attached hydrogens (tertiary/aromatic N) is 3. The number of rotatable bonds is 5. The third-order valence-corrected chi connectivity index (χ3v) is 4.14. The fourth-order valence-electron chi connectivity index (χ4n) is 2.79. The number of carbonyl (C=O) groups is 2. The van der Waals surface area contributed by atoms with E-state index in [0.717, 1.165) is 5.69 Å². The summed E-state index contributed by atoms with van der Waals surface area (Å²) in [7, 11) is 0. The number of aryl methyl sites for hydroxylation is 1. The lowest BCUT2D eigenvalue weighted by Crippen LogP contribution is -2.53. The molecule has 2 heterocycles. The Morgan fingerprint density at radius 1 is 1.33 bits per heavy atom. The summed E-state index contributed by atoms with van der Waals surface area (Å²) in [6.07, 6.45) is 1.89. The van der Waals surface area contributed by atoms with Crippen LogP contribution in [0.1, 0.15) is 12.1 Å². The summed E-state index contributed by atoms with van der Waals surface area (Å²) in [6.45, 7) is 2.96. The quantitative estimate of drug-likeness (QED) is 0.782. The fourth-order valence-corrected chi connectivity index (χ4v) is 2.79. The van der Waals surface area contributed by atoms with Gasteiger partial charge in [-0.3, -0.25) is 14.3 Å². The van der Waals surface area contributed by atoms with Gasteiger partial charge in [-0.2, -0.15) is 5.10 Å². The molecule has 7 nitrogen and oxygen atoms in total. The summed E-state index contributed by atoms with van der Waals surface area (Å²) in [4.78, 5) is 26.3. The van der Waals surface area contributed by atoms with Crippen molar-refractivity contribution >= 4 is 17.5 Å². The maximum Gasteiger partial charge on any atom is 0.268 e. The van der Waals surface area contributed by atoms with E-state index in [4.69, 9.17) is 0 Å². The summed E-state index contributed by atoms with van der Waals surface area (Å²) >= 11 is 0. The van der Waals surface area contributed by atoms with E-state index in [0.29, 0.717) is 25.3 Å².